The van der Waals surface area contributed by atoms with E-state index in [1.165, 1.54) is 23.1 Å². The highest BCUT2D eigenvalue weighted by molar-refractivity contribution is 5.34. The molecule has 0 fully saturated rings. The van der Waals surface area contributed by atoms with Crippen molar-refractivity contribution in [2.75, 3.05) is 6.54 Å². The van der Waals surface area contributed by atoms with Crippen LogP contribution in [-0.4, -0.2) is 11.5 Å². The molecule has 1 atom stereocenters. The van der Waals surface area contributed by atoms with Crippen molar-refractivity contribution in [3.63, 3.8) is 0 Å². The average molecular weight is 282 g/mol. The van der Waals surface area contributed by atoms with Gasteiger partial charge in [0.2, 0.25) is 0 Å². The second-order valence-corrected chi connectivity index (χ2v) is 5.58. The molecule has 0 aliphatic heterocycles. The predicted octanol–water partition coefficient (Wildman–Crippen LogP) is 4.43. The van der Waals surface area contributed by atoms with Crippen LogP contribution in [0.2, 0.25) is 0 Å². The quantitative estimate of drug-likeness (QED) is 0.812. The summed E-state index contributed by atoms with van der Waals surface area (Å²) in [6.07, 6.45) is 5.34. The fourth-order valence-corrected chi connectivity index (χ4v) is 2.63. The molecule has 0 saturated carbocycles. The zero-order chi connectivity index (χ0) is 15.1. The molecule has 0 spiro atoms. The van der Waals surface area contributed by atoms with Crippen LogP contribution in [0.25, 0.3) is 0 Å². The predicted molar refractivity (Wildman–Crippen MR) is 89.5 cm³/mol. The molecule has 2 nitrogen and oxygen atoms in total. The van der Waals surface area contributed by atoms with Crippen molar-refractivity contribution >= 4 is 0 Å². The molecule has 1 N–H and O–H groups in total. The van der Waals surface area contributed by atoms with Gasteiger partial charge in [0.1, 0.15) is 0 Å². The van der Waals surface area contributed by atoms with Crippen LogP contribution in [0.15, 0.2) is 42.6 Å². The van der Waals surface area contributed by atoms with Gasteiger partial charge in [0, 0.05) is 6.20 Å². The molecule has 0 bridgehead atoms. The first-order valence-electron chi connectivity index (χ1n) is 8.00. The van der Waals surface area contributed by atoms with Crippen LogP contribution in [-0.2, 0) is 6.42 Å². The van der Waals surface area contributed by atoms with Gasteiger partial charge in [-0.3, -0.25) is 4.98 Å². The van der Waals surface area contributed by atoms with Gasteiger partial charge in [-0.15, -0.1) is 0 Å². The first-order chi connectivity index (χ1) is 10.3. The summed E-state index contributed by atoms with van der Waals surface area (Å²) >= 11 is 0. The van der Waals surface area contributed by atoms with Crippen molar-refractivity contribution in [1.82, 2.24) is 10.3 Å². The van der Waals surface area contributed by atoms with Crippen molar-refractivity contribution in [3.8, 4) is 0 Å². The van der Waals surface area contributed by atoms with E-state index < -0.39 is 0 Å². The van der Waals surface area contributed by atoms with E-state index in [4.69, 9.17) is 0 Å². The Kier molecular flexibility index (Phi) is 5.94. The lowest BCUT2D eigenvalue weighted by atomic mass is 9.98. The molecule has 0 aliphatic rings. The number of rotatable bonds is 7. The standard InChI is InChI=1S/C19H26N2/c1-4-7-16-9-11-17(12-10-16)19(20-13-5-2)18-15(3)8-6-14-21-18/h6,8-12,14,19-20H,4-5,7,13H2,1-3H3. The molecular weight excluding hydrogens is 256 g/mol. The SMILES string of the molecule is CCCNC(c1ccc(CCC)cc1)c1ncccc1C. The number of hydrogen-bond donors (Lipinski definition) is 1. The Bertz CT molecular complexity index is 546. The second-order valence-electron chi connectivity index (χ2n) is 5.58. The van der Waals surface area contributed by atoms with E-state index in [-0.39, 0.29) is 6.04 Å². The number of pyridine rings is 1. The maximum atomic E-state index is 4.60. The van der Waals surface area contributed by atoms with Gasteiger partial charge in [-0.05, 0) is 49.1 Å². The van der Waals surface area contributed by atoms with Gasteiger partial charge in [0.05, 0.1) is 11.7 Å². The van der Waals surface area contributed by atoms with Crippen molar-refractivity contribution in [1.29, 1.82) is 0 Å². The van der Waals surface area contributed by atoms with E-state index in [9.17, 15) is 0 Å². The molecule has 1 aromatic heterocycles. The number of hydrogen-bond acceptors (Lipinski definition) is 2. The fraction of sp³-hybridized carbons (Fsp3) is 0.421. The molecule has 1 heterocycles. The third-order valence-electron chi connectivity index (χ3n) is 3.77. The molecular formula is C19H26N2. The van der Waals surface area contributed by atoms with E-state index >= 15 is 0 Å². The Balaban J connectivity index is 2.29. The lowest BCUT2D eigenvalue weighted by molar-refractivity contribution is 0.583. The van der Waals surface area contributed by atoms with Crippen LogP contribution >= 0.6 is 0 Å². The van der Waals surface area contributed by atoms with Crippen molar-refractivity contribution < 1.29 is 0 Å². The lowest BCUT2D eigenvalue weighted by Crippen LogP contribution is -2.24. The smallest absolute Gasteiger partial charge is 0.0754 e. The molecule has 1 aromatic carbocycles. The van der Waals surface area contributed by atoms with Crippen LogP contribution < -0.4 is 5.32 Å². The van der Waals surface area contributed by atoms with Crippen LogP contribution in [0.5, 0.6) is 0 Å². The molecule has 0 saturated heterocycles. The highest BCUT2D eigenvalue weighted by atomic mass is 14.9. The Morgan fingerprint density at radius 2 is 1.81 bits per heavy atom. The number of nitrogens with one attached hydrogen (secondary N) is 1. The van der Waals surface area contributed by atoms with Crippen LogP contribution in [0.1, 0.15) is 55.1 Å². The Morgan fingerprint density at radius 3 is 2.43 bits per heavy atom. The monoisotopic (exact) mass is 282 g/mol. The summed E-state index contributed by atoms with van der Waals surface area (Å²) < 4.78 is 0. The Labute approximate surface area is 128 Å². The Hall–Kier alpha value is -1.67. The zero-order valence-electron chi connectivity index (χ0n) is 13.4. The third-order valence-corrected chi connectivity index (χ3v) is 3.77. The minimum Gasteiger partial charge on any atom is -0.305 e. The van der Waals surface area contributed by atoms with Crippen LogP contribution in [0.4, 0.5) is 0 Å². The van der Waals surface area contributed by atoms with Gasteiger partial charge in [-0.1, -0.05) is 50.6 Å². The second kappa shape index (κ2) is 7.94. The summed E-state index contributed by atoms with van der Waals surface area (Å²) in [4.78, 5) is 4.60. The Morgan fingerprint density at radius 1 is 1.05 bits per heavy atom. The minimum atomic E-state index is 0.182. The number of aromatic nitrogens is 1. The van der Waals surface area contributed by atoms with E-state index in [2.05, 4.69) is 61.4 Å². The highest BCUT2D eigenvalue weighted by Gasteiger charge is 2.16. The first-order valence-corrected chi connectivity index (χ1v) is 8.00. The molecule has 0 amide bonds. The van der Waals surface area contributed by atoms with Gasteiger partial charge in [-0.25, -0.2) is 0 Å². The maximum Gasteiger partial charge on any atom is 0.0754 e. The molecule has 0 radical (unpaired) electrons. The molecule has 0 aliphatic carbocycles. The number of benzene rings is 1. The van der Waals surface area contributed by atoms with Crippen molar-refractivity contribution in [3.05, 3.63) is 65.0 Å². The minimum absolute atomic E-state index is 0.182. The summed E-state index contributed by atoms with van der Waals surface area (Å²) in [5, 5.41) is 3.63. The first kappa shape index (κ1) is 15.7. The summed E-state index contributed by atoms with van der Waals surface area (Å²) in [7, 11) is 0. The molecule has 21 heavy (non-hydrogen) atoms. The summed E-state index contributed by atoms with van der Waals surface area (Å²) in [6.45, 7) is 7.54. The normalized spacial score (nSPS) is 12.3. The summed E-state index contributed by atoms with van der Waals surface area (Å²) in [6, 6.07) is 13.3. The van der Waals surface area contributed by atoms with Gasteiger partial charge >= 0.3 is 0 Å². The molecule has 2 rings (SSSR count). The molecule has 1 unspecified atom stereocenters. The number of aryl methyl sites for hydroxylation is 2. The van der Waals surface area contributed by atoms with E-state index in [1.54, 1.807) is 0 Å². The molecule has 112 valence electrons. The van der Waals surface area contributed by atoms with Gasteiger partial charge < -0.3 is 5.32 Å². The van der Waals surface area contributed by atoms with E-state index in [0.29, 0.717) is 0 Å². The summed E-state index contributed by atoms with van der Waals surface area (Å²) in [5.74, 6) is 0. The van der Waals surface area contributed by atoms with E-state index in [1.807, 2.05) is 12.3 Å². The molecule has 2 aromatic rings. The summed E-state index contributed by atoms with van der Waals surface area (Å²) in [5.41, 5.74) is 5.08. The average Bonchev–Trinajstić information content (AvgIpc) is 2.51. The topological polar surface area (TPSA) is 24.9 Å². The van der Waals surface area contributed by atoms with Crippen LogP contribution in [0, 0.1) is 6.92 Å². The van der Waals surface area contributed by atoms with Gasteiger partial charge in [0.15, 0.2) is 0 Å². The lowest BCUT2D eigenvalue weighted by Gasteiger charge is -2.20. The highest BCUT2D eigenvalue weighted by Crippen LogP contribution is 2.23. The fourth-order valence-electron chi connectivity index (χ4n) is 2.63. The third kappa shape index (κ3) is 4.15. The van der Waals surface area contributed by atoms with Gasteiger partial charge in [-0.2, -0.15) is 0 Å². The number of nitrogens with zero attached hydrogens (tertiary/aromatic N) is 1. The van der Waals surface area contributed by atoms with Crippen LogP contribution in [0.3, 0.4) is 0 Å². The maximum absolute atomic E-state index is 4.60. The van der Waals surface area contributed by atoms with E-state index in [0.717, 1.165) is 25.1 Å². The zero-order valence-corrected chi connectivity index (χ0v) is 13.4. The van der Waals surface area contributed by atoms with Crippen molar-refractivity contribution in [2.24, 2.45) is 0 Å². The van der Waals surface area contributed by atoms with Gasteiger partial charge in [0.25, 0.3) is 0 Å². The van der Waals surface area contributed by atoms with Crippen molar-refractivity contribution in [2.45, 2.75) is 46.1 Å². The molecule has 2 heteroatoms. The largest absolute Gasteiger partial charge is 0.305 e.